The fraction of sp³-hybridized carbons (Fsp3) is 0.400. The third kappa shape index (κ3) is 4.46. The fourth-order valence-corrected chi connectivity index (χ4v) is 3.06. The molecule has 0 aliphatic rings. The van der Waals surface area contributed by atoms with Gasteiger partial charge in [0, 0.05) is 24.7 Å². The molecule has 20 heavy (non-hydrogen) atoms. The van der Waals surface area contributed by atoms with E-state index in [-0.39, 0.29) is 5.82 Å². The molecule has 108 valence electrons. The second kappa shape index (κ2) is 7.60. The molecule has 0 fully saturated rings. The van der Waals surface area contributed by atoms with Gasteiger partial charge in [0.25, 0.3) is 0 Å². The molecule has 0 N–H and O–H groups in total. The molecule has 5 heteroatoms. The van der Waals surface area contributed by atoms with Gasteiger partial charge in [0.1, 0.15) is 5.82 Å². The summed E-state index contributed by atoms with van der Waals surface area (Å²) < 4.78 is 13.1. The lowest BCUT2D eigenvalue weighted by Gasteiger charge is -2.19. The van der Waals surface area contributed by atoms with E-state index in [1.807, 2.05) is 18.5 Å². The normalized spacial score (nSPS) is 10.8. The molecule has 0 bridgehead atoms. The van der Waals surface area contributed by atoms with Gasteiger partial charge in [-0.25, -0.2) is 9.37 Å². The van der Waals surface area contributed by atoms with Crippen LogP contribution in [0.2, 0.25) is 0 Å². The topological polar surface area (TPSA) is 16.1 Å². The summed E-state index contributed by atoms with van der Waals surface area (Å²) in [4.78, 5) is 6.52. The van der Waals surface area contributed by atoms with Crippen LogP contribution in [0.1, 0.15) is 23.5 Å². The number of anilines is 1. The van der Waals surface area contributed by atoms with Crippen LogP contribution < -0.4 is 4.90 Å². The smallest absolute Gasteiger partial charge is 0.125 e. The van der Waals surface area contributed by atoms with Gasteiger partial charge in [-0.3, -0.25) is 0 Å². The number of aromatic nitrogens is 1. The molecule has 2 rings (SSSR count). The molecule has 0 amide bonds. The van der Waals surface area contributed by atoms with Crippen LogP contribution in [0.3, 0.4) is 0 Å². The summed E-state index contributed by atoms with van der Waals surface area (Å²) in [5.74, 6) is 0.296. The highest BCUT2D eigenvalue weighted by Crippen LogP contribution is 2.16. The Hall–Kier alpha value is -1.13. The van der Waals surface area contributed by atoms with E-state index in [9.17, 15) is 4.39 Å². The molecule has 2 aromatic rings. The molecule has 0 aliphatic carbocycles. The largest absolute Gasteiger partial charge is 0.375 e. The summed E-state index contributed by atoms with van der Waals surface area (Å²) in [5.41, 5.74) is 1.88. The van der Waals surface area contributed by atoms with Crippen LogP contribution in [0.4, 0.5) is 10.1 Å². The van der Waals surface area contributed by atoms with E-state index in [4.69, 9.17) is 11.6 Å². The zero-order valence-corrected chi connectivity index (χ0v) is 13.1. The molecule has 0 atom stereocenters. The van der Waals surface area contributed by atoms with Crippen molar-refractivity contribution in [1.29, 1.82) is 0 Å². The Bertz CT molecular complexity index is 544. The summed E-state index contributed by atoms with van der Waals surface area (Å²) in [6.45, 7) is 0.914. The number of alkyl halides is 1. The molecule has 1 aromatic carbocycles. The van der Waals surface area contributed by atoms with Crippen molar-refractivity contribution in [3.63, 3.8) is 0 Å². The van der Waals surface area contributed by atoms with Gasteiger partial charge in [-0.05, 0) is 37.5 Å². The van der Waals surface area contributed by atoms with Gasteiger partial charge in [-0.15, -0.1) is 22.9 Å². The summed E-state index contributed by atoms with van der Waals surface area (Å²) in [7, 11) is 1.99. The summed E-state index contributed by atoms with van der Waals surface area (Å²) in [5, 5.41) is 3.16. The Kier molecular flexibility index (Phi) is 5.80. The Morgan fingerprint density at radius 2 is 2.20 bits per heavy atom. The number of benzene rings is 1. The second-order valence-electron chi connectivity index (χ2n) is 4.72. The Labute approximate surface area is 128 Å². The highest BCUT2D eigenvalue weighted by molar-refractivity contribution is 7.09. The number of unbranched alkanes of at least 4 members (excludes halogenated alkanes) is 1. The van der Waals surface area contributed by atoms with Crippen LogP contribution in [-0.2, 0) is 12.3 Å². The van der Waals surface area contributed by atoms with E-state index in [2.05, 4.69) is 9.88 Å². The first-order chi connectivity index (χ1) is 9.69. The van der Waals surface area contributed by atoms with Crippen molar-refractivity contribution >= 4 is 28.6 Å². The minimum Gasteiger partial charge on any atom is -0.375 e. The van der Waals surface area contributed by atoms with E-state index in [1.54, 1.807) is 23.5 Å². The van der Waals surface area contributed by atoms with Crippen molar-refractivity contribution in [1.82, 2.24) is 4.98 Å². The average Bonchev–Trinajstić information content (AvgIpc) is 2.91. The number of rotatable bonds is 7. The van der Waals surface area contributed by atoms with E-state index in [0.29, 0.717) is 5.88 Å². The highest BCUT2D eigenvalue weighted by Gasteiger charge is 2.04. The lowest BCUT2D eigenvalue weighted by Crippen LogP contribution is -2.18. The molecule has 2 nitrogen and oxygen atoms in total. The number of hydrogen-bond donors (Lipinski definition) is 0. The molecule has 0 saturated carbocycles. The standard InChI is InChI=1S/C15H18ClFN2S/c1-19(14-6-4-5-12(17)9-14)8-3-2-7-15-18-13(10-16)11-20-15/h4-6,9,11H,2-3,7-8,10H2,1H3. The Morgan fingerprint density at radius 1 is 1.35 bits per heavy atom. The van der Waals surface area contributed by atoms with Crippen molar-refractivity contribution in [2.24, 2.45) is 0 Å². The van der Waals surface area contributed by atoms with Crippen molar-refractivity contribution in [2.45, 2.75) is 25.1 Å². The third-order valence-corrected chi connectivity index (χ3v) is 4.35. The first-order valence-corrected chi connectivity index (χ1v) is 8.06. The van der Waals surface area contributed by atoms with Gasteiger partial charge in [-0.2, -0.15) is 0 Å². The molecular weight excluding hydrogens is 295 g/mol. The highest BCUT2D eigenvalue weighted by atomic mass is 35.5. The summed E-state index contributed by atoms with van der Waals surface area (Å²) in [6, 6.07) is 6.70. The van der Waals surface area contributed by atoms with Gasteiger partial charge in [0.2, 0.25) is 0 Å². The zero-order chi connectivity index (χ0) is 14.4. The SMILES string of the molecule is CN(CCCCc1nc(CCl)cs1)c1cccc(F)c1. The molecule has 1 heterocycles. The first kappa shape index (κ1) is 15.3. The van der Waals surface area contributed by atoms with Crippen LogP contribution in [0, 0.1) is 5.82 Å². The van der Waals surface area contributed by atoms with Crippen LogP contribution in [0.5, 0.6) is 0 Å². The summed E-state index contributed by atoms with van der Waals surface area (Å²) in [6.07, 6.45) is 3.12. The van der Waals surface area contributed by atoms with Crippen molar-refractivity contribution < 1.29 is 4.39 Å². The maximum atomic E-state index is 13.1. The minimum atomic E-state index is -0.189. The average molecular weight is 313 g/mol. The van der Waals surface area contributed by atoms with Crippen LogP contribution >= 0.6 is 22.9 Å². The fourth-order valence-electron chi connectivity index (χ4n) is 1.99. The van der Waals surface area contributed by atoms with E-state index < -0.39 is 0 Å². The minimum absolute atomic E-state index is 0.189. The van der Waals surface area contributed by atoms with Gasteiger partial charge in [-0.1, -0.05) is 6.07 Å². The summed E-state index contributed by atoms with van der Waals surface area (Å²) >= 11 is 7.40. The van der Waals surface area contributed by atoms with E-state index in [1.165, 1.54) is 6.07 Å². The molecular formula is C15H18ClFN2S. The lowest BCUT2D eigenvalue weighted by atomic mass is 10.2. The molecule has 1 aromatic heterocycles. The van der Waals surface area contributed by atoms with E-state index >= 15 is 0 Å². The maximum absolute atomic E-state index is 13.1. The van der Waals surface area contributed by atoms with Gasteiger partial charge < -0.3 is 4.90 Å². The van der Waals surface area contributed by atoms with Crippen LogP contribution in [0.15, 0.2) is 29.6 Å². The van der Waals surface area contributed by atoms with Gasteiger partial charge in [0.05, 0.1) is 16.6 Å². The maximum Gasteiger partial charge on any atom is 0.125 e. The Morgan fingerprint density at radius 3 is 2.90 bits per heavy atom. The monoisotopic (exact) mass is 312 g/mol. The molecule has 0 aliphatic heterocycles. The Balaban J connectivity index is 1.73. The molecule has 0 radical (unpaired) electrons. The van der Waals surface area contributed by atoms with Gasteiger partial charge >= 0.3 is 0 Å². The second-order valence-corrected chi connectivity index (χ2v) is 5.93. The van der Waals surface area contributed by atoms with Crippen molar-refractivity contribution in [3.8, 4) is 0 Å². The van der Waals surface area contributed by atoms with Gasteiger partial charge in [0.15, 0.2) is 0 Å². The van der Waals surface area contributed by atoms with Crippen LogP contribution in [0.25, 0.3) is 0 Å². The predicted octanol–water partition coefficient (Wildman–Crippen LogP) is 4.48. The van der Waals surface area contributed by atoms with E-state index in [0.717, 1.165) is 42.2 Å². The predicted molar refractivity (Wildman–Crippen MR) is 84.3 cm³/mol. The number of hydrogen-bond acceptors (Lipinski definition) is 3. The van der Waals surface area contributed by atoms with Crippen LogP contribution in [-0.4, -0.2) is 18.6 Å². The zero-order valence-electron chi connectivity index (χ0n) is 11.5. The number of thiazole rings is 1. The number of halogens is 2. The van der Waals surface area contributed by atoms with Crippen molar-refractivity contribution in [3.05, 3.63) is 46.2 Å². The number of aryl methyl sites for hydroxylation is 1. The van der Waals surface area contributed by atoms with Crippen molar-refractivity contribution in [2.75, 3.05) is 18.5 Å². The molecule has 0 spiro atoms. The first-order valence-electron chi connectivity index (χ1n) is 6.65. The lowest BCUT2D eigenvalue weighted by molar-refractivity contribution is 0.626. The third-order valence-electron chi connectivity index (χ3n) is 3.12. The molecule has 0 saturated heterocycles. The molecule has 0 unspecified atom stereocenters. The number of nitrogens with zero attached hydrogens (tertiary/aromatic N) is 2. The quantitative estimate of drug-likeness (QED) is 0.553.